The molecule has 14 nitrogen and oxygen atoms in total. The molecule has 0 aliphatic carbocycles. The molecular formula is C26H34ClN11O3. The van der Waals surface area contributed by atoms with Crippen LogP contribution in [-0.2, 0) is 0 Å². The number of hydrogen-bond acceptors (Lipinski definition) is 13. The van der Waals surface area contributed by atoms with Gasteiger partial charge in [-0.2, -0.15) is 15.0 Å². The van der Waals surface area contributed by atoms with Gasteiger partial charge in [0, 0.05) is 61.1 Å². The first kappa shape index (κ1) is 28.6. The number of carbonyl (C=O) groups is 1. The molecule has 0 radical (unpaired) electrons. The number of piperidine rings is 2. The van der Waals surface area contributed by atoms with Gasteiger partial charge in [0.15, 0.2) is 0 Å². The Labute approximate surface area is 241 Å². The minimum Gasteiger partial charge on any atom is -0.507 e. The van der Waals surface area contributed by atoms with Crippen molar-refractivity contribution in [3.05, 3.63) is 47.0 Å². The molecule has 12 N–H and O–H groups in total. The second-order valence-electron chi connectivity index (χ2n) is 10.6. The molecule has 4 atom stereocenters. The molecule has 5 rings (SSSR count). The lowest BCUT2D eigenvalue weighted by Crippen LogP contribution is -2.54. The van der Waals surface area contributed by atoms with Crippen molar-refractivity contribution in [3.8, 4) is 11.5 Å². The number of phenols is 2. The molecule has 2 saturated heterocycles. The summed E-state index contributed by atoms with van der Waals surface area (Å²) < 4.78 is 0. The van der Waals surface area contributed by atoms with Gasteiger partial charge < -0.3 is 53.6 Å². The molecule has 0 spiro atoms. The molecule has 0 bridgehead atoms. The van der Waals surface area contributed by atoms with Crippen LogP contribution in [0, 0.1) is 0 Å². The Hall–Kier alpha value is -3.95. The van der Waals surface area contributed by atoms with Gasteiger partial charge in [-0.15, -0.1) is 0 Å². The molecule has 15 heteroatoms. The number of aromatic hydroxyl groups is 2. The first-order valence-corrected chi connectivity index (χ1v) is 13.6. The molecule has 2 aliphatic rings. The summed E-state index contributed by atoms with van der Waals surface area (Å²) in [5.74, 6) is -0.0661. The van der Waals surface area contributed by atoms with Crippen LogP contribution in [-0.4, -0.2) is 81.4 Å². The molecule has 1 amide bonds. The van der Waals surface area contributed by atoms with Gasteiger partial charge in [-0.25, -0.2) is 0 Å². The standard InChI is InChI=1S/C26H34ClN11O3/c27-13-1-3-19(22(40)5-13)23(41)33-20-8-18(2-4-21(20)39)32-24-34-25(37-9-14(28)6-15(29)10-37)36-26(35-24)38-11-16(30)7-17(31)12-38/h1-5,8,14-17,39-40H,6-7,9-12,28-31H2,(H,33,41)(H,32,34,35,36)/t14-,15+,16-,17+. The summed E-state index contributed by atoms with van der Waals surface area (Å²) >= 11 is 5.87. The highest BCUT2D eigenvalue weighted by Gasteiger charge is 2.29. The minimum atomic E-state index is -0.632. The van der Waals surface area contributed by atoms with E-state index >= 15 is 0 Å². The van der Waals surface area contributed by atoms with E-state index in [0.717, 1.165) is 0 Å². The van der Waals surface area contributed by atoms with E-state index in [-0.39, 0.29) is 57.9 Å². The van der Waals surface area contributed by atoms with Crippen LogP contribution in [0.25, 0.3) is 0 Å². The highest BCUT2D eigenvalue weighted by Crippen LogP contribution is 2.31. The van der Waals surface area contributed by atoms with Gasteiger partial charge in [-0.1, -0.05) is 11.6 Å². The number of nitrogens with two attached hydrogens (primary N) is 4. The van der Waals surface area contributed by atoms with Crippen LogP contribution in [0.15, 0.2) is 36.4 Å². The van der Waals surface area contributed by atoms with E-state index in [1.54, 1.807) is 6.07 Å². The minimum absolute atomic E-state index is 0.00481. The number of aromatic nitrogens is 3. The van der Waals surface area contributed by atoms with Crippen molar-refractivity contribution in [1.82, 2.24) is 15.0 Å². The molecule has 3 aromatic rings. The van der Waals surface area contributed by atoms with Crippen LogP contribution in [0.5, 0.6) is 11.5 Å². The molecule has 1 aromatic heterocycles. The van der Waals surface area contributed by atoms with Crippen molar-refractivity contribution in [2.75, 3.05) is 46.6 Å². The third-order valence-electron chi connectivity index (χ3n) is 6.91. The Bertz CT molecular complexity index is 1360. The first-order chi connectivity index (χ1) is 19.5. The lowest BCUT2D eigenvalue weighted by Gasteiger charge is -2.37. The highest BCUT2D eigenvalue weighted by atomic mass is 35.5. The van der Waals surface area contributed by atoms with Crippen molar-refractivity contribution in [3.63, 3.8) is 0 Å². The average molecular weight is 584 g/mol. The van der Waals surface area contributed by atoms with Crippen molar-refractivity contribution < 1.29 is 15.0 Å². The van der Waals surface area contributed by atoms with E-state index in [4.69, 9.17) is 39.5 Å². The van der Waals surface area contributed by atoms with Gasteiger partial charge >= 0.3 is 0 Å². The number of amides is 1. The number of nitrogens with one attached hydrogen (secondary N) is 2. The average Bonchev–Trinajstić information content (AvgIpc) is 2.89. The predicted octanol–water partition coefficient (Wildman–Crippen LogP) is 0.661. The van der Waals surface area contributed by atoms with E-state index in [1.807, 2.05) is 9.80 Å². The van der Waals surface area contributed by atoms with Crippen LogP contribution in [0.3, 0.4) is 0 Å². The molecule has 2 aromatic carbocycles. The second kappa shape index (κ2) is 11.9. The molecule has 41 heavy (non-hydrogen) atoms. The number of hydrogen-bond donors (Lipinski definition) is 8. The van der Waals surface area contributed by atoms with Crippen LogP contribution >= 0.6 is 11.6 Å². The van der Waals surface area contributed by atoms with E-state index in [2.05, 4.69) is 20.6 Å². The van der Waals surface area contributed by atoms with E-state index in [0.29, 0.717) is 56.6 Å². The fraction of sp³-hybridized carbons (Fsp3) is 0.385. The van der Waals surface area contributed by atoms with Gasteiger partial charge in [0.2, 0.25) is 17.8 Å². The monoisotopic (exact) mass is 583 g/mol. The number of halogens is 1. The zero-order chi connectivity index (χ0) is 29.3. The predicted molar refractivity (Wildman–Crippen MR) is 158 cm³/mol. The molecule has 0 unspecified atom stereocenters. The maximum atomic E-state index is 12.8. The summed E-state index contributed by atoms with van der Waals surface area (Å²) in [7, 11) is 0. The van der Waals surface area contributed by atoms with E-state index in [1.165, 1.54) is 30.3 Å². The Balaban J connectivity index is 1.43. The maximum Gasteiger partial charge on any atom is 0.259 e. The van der Waals surface area contributed by atoms with Crippen molar-refractivity contribution in [2.45, 2.75) is 37.0 Å². The third-order valence-corrected chi connectivity index (χ3v) is 7.15. The van der Waals surface area contributed by atoms with Crippen LogP contribution < -0.4 is 43.4 Å². The van der Waals surface area contributed by atoms with Crippen LogP contribution in [0.2, 0.25) is 5.02 Å². The molecule has 2 aliphatic heterocycles. The maximum absolute atomic E-state index is 12.8. The third kappa shape index (κ3) is 6.86. The Morgan fingerprint density at radius 2 is 1.37 bits per heavy atom. The summed E-state index contributed by atoms with van der Waals surface area (Å²) in [5, 5.41) is 26.5. The van der Waals surface area contributed by atoms with E-state index < -0.39 is 5.91 Å². The number of rotatable bonds is 6. The van der Waals surface area contributed by atoms with Crippen molar-refractivity contribution in [1.29, 1.82) is 0 Å². The summed E-state index contributed by atoms with van der Waals surface area (Å²) in [6.45, 7) is 2.12. The van der Waals surface area contributed by atoms with Crippen LogP contribution in [0.1, 0.15) is 23.2 Å². The molecule has 3 heterocycles. The highest BCUT2D eigenvalue weighted by molar-refractivity contribution is 6.31. The normalized spacial score (nSPS) is 22.9. The molecule has 0 saturated carbocycles. The smallest absolute Gasteiger partial charge is 0.259 e. The number of benzene rings is 2. The number of phenolic OH excluding ortho intramolecular Hbond substituents is 2. The SMILES string of the molecule is N[C@@H]1C[C@H](N)CN(c2nc(Nc3ccc(O)c(NC(=O)c4ccc(Cl)cc4O)c3)nc(N3C[C@H](N)C[C@H](N)C3)n2)C1. The Morgan fingerprint density at radius 1 is 0.805 bits per heavy atom. The van der Waals surface area contributed by atoms with Crippen molar-refractivity contribution >= 4 is 46.7 Å². The summed E-state index contributed by atoms with van der Waals surface area (Å²) in [6, 6.07) is 8.14. The fourth-order valence-electron chi connectivity index (χ4n) is 5.11. The zero-order valence-corrected chi connectivity index (χ0v) is 23.0. The van der Waals surface area contributed by atoms with Crippen molar-refractivity contribution in [2.24, 2.45) is 22.9 Å². The Morgan fingerprint density at radius 3 is 1.90 bits per heavy atom. The number of nitrogens with zero attached hydrogens (tertiary/aromatic N) is 5. The quantitative estimate of drug-likeness (QED) is 0.147. The second-order valence-corrected chi connectivity index (χ2v) is 11.0. The molecular weight excluding hydrogens is 550 g/mol. The first-order valence-electron chi connectivity index (χ1n) is 13.2. The summed E-state index contributed by atoms with van der Waals surface area (Å²) in [6.07, 6.45) is 1.40. The molecule has 2 fully saturated rings. The van der Waals surface area contributed by atoms with Gasteiger partial charge in [0.05, 0.1) is 11.3 Å². The molecule has 218 valence electrons. The van der Waals surface area contributed by atoms with Gasteiger partial charge in [0.1, 0.15) is 11.5 Å². The number of carbonyl (C=O) groups excluding carboxylic acids is 1. The van der Waals surface area contributed by atoms with Crippen LogP contribution in [0.4, 0.5) is 29.2 Å². The summed E-state index contributed by atoms with van der Waals surface area (Å²) in [5.41, 5.74) is 25.5. The lowest BCUT2D eigenvalue weighted by molar-refractivity contribution is 0.102. The lowest BCUT2D eigenvalue weighted by atomic mass is 10.0. The van der Waals surface area contributed by atoms with Gasteiger partial charge in [-0.05, 0) is 49.2 Å². The largest absolute Gasteiger partial charge is 0.507 e. The zero-order valence-electron chi connectivity index (χ0n) is 22.2. The van der Waals surface area contributed by atoms with Gasteiger partial charge in [-0.3, -0.25) is 4.79 Å². The fourth-order valence-corrected chi connectivity index (χ4v) is 5.27. The number of anilines is 5. The van der Waals surface area contributed by atoms with E-state index in [9.17, 15) is 15.0 Å². The summed E-state index contributed by atoms with van der Waals surface area (Å²) in [4.78, 5) is 30.6. The topological polar surface area (TPSA) is 231 Å². The van der Waals surface area contributed by atoms with Gasteiger partial charge in [0.25, 0.3) is 5.91 Å². The Kier molecular flexibility index (Phi) is 8.28.